The number of halogens is 3. The van der Waals surface area contributed by atoms with Gasteiger partial charge in [-0.05, 0) is 73.2 Å². The maximum absolute atomic E-state index is 16.8. The first kappa shape index (κ1) is 27.9. The zero-order chi connectivity index (χ0) is 30.2. The minimum atomic E-state index is -0.878. The average molecular weight is 604 g/mol. The van der Waals surface area contributed by atoms with Gasteiger partial charge in [0.05, 0.1) is 11.2 Å². The Hall–Kier alpha value is -3.63. The lowest BCUT2D eigenvalue weighted by Crippen LogP contribution is -2.51. The van der Waals surface area contributed by atoms with Gasteiger partial charge in [-0.1, -0.05) is 13.0 Å². The van der Waals surface area contributed by atoms with Crippen LogP contribution in [0.15, 0.2) is 36.5 Å². The van der Waals surface area contributed by atoms with E-state index in [2.05, 4.69) is 20.1 Å². The van der Waals surface area contributed by atoms with Gasteiger partial charge in [-0.3, -0.25) is 9.88 Å². The van der Waals surface area contributed by atoms with Gasteiger partial charge in [-0.15, -0.1) is 0 Å². The highest BCUT2D eigenvalue weighted by atomic mass is 19.1. The van der Waals surface area contributed by atoms with Crippen LogP contribution in [0.25, 0.3) is 32.9 Å². The van der Waals surface area contributed by atoms with Gasteiger partial charge in [0.1, 0.15) is 35.6 Å². The summed E-state index contributed by atoms with van der Waals surface area (Å²) in [7, 11) is 0. The number of nitrogens with zero attached hydrogens (tertiary/aromatic N) is 4. The first-order chi connectivity index (χ1) is 21.3. The molecule has 6 heterocycles. The van der Waals surface area contributed by atoms with Gasteiger partial charge in [0.2, 0.25) is 5.88 Å². The summed E-state index contributed by atoms with van der Waals surface area (Å²) in [5.41, 5.74) is 1.28. The molecule has 0 spiro atoms. The maximum Gasteiger partial charge on any atom is 0.216 e. The van der Waals surface area contributed by atoms with E-state index >= 15 is 4.39 Å². The summed E-state index contributed by atoms with van der Waals surface area (Å²) >= 11 is 0. The Kier molecular flexibility index (Phi) is 6.64. The van der Waals surface area contributed by atoms with Crippen molar-refractivity contribution in [2.24, 2.45) is 0 Å². The summed E-state index contributed by atoms with van der Waals surface area (Å²) in [6.45, 7) is 4.95. The molecule has 4 fully saturated rings. The lowest BCUT2D eigenvalue weighted by molar-refractivity contribution is 0.111. The average Bonchev–Trinajstić information content (AvgIpc) is 3.66. The summed E-state index contributed by atoms with van der Waals surface area (Å²) in [5.74, 6) is -0.817. The van der Waals surface area contributed by atoms with E-state index in [0.717, 1.165) is 51.0 Å². The van der Waals surface area contributed by atoms with Crippen LogP contribution in [0.5, 0.6) is 11.6 Å². The molecule has 4 aliphatic rings. The van der Waals surface area contributed by atoms with Crippen molar-refractivity contribution in [2.45, 2.75) is 69.2 Å². The lowest BCUT2D eigenvalue weighted by atomic mass is 9.94. The molecule has 10 heteroatoms. The third-order valence-corrected chi connectivity index (χ3v) is 10.3. The van der Waals surface area contributed by atoms with Gasteiger partial charge in [-0.2, -0.15) is 0 Å². The molecule has 2 bridgehead atoms. The van der Waals surface area contributed by atoms with Gasteiger partial charge in [-0.25, -0.2) is 18.2 Å². The van der Waals surface area contributed by atoms with Crippen LogP contribution in [0.1, 0.15) is 44.6 Å². The zero-order valence-electron chi connectivity index (χ0n) is 24.8. The molecule has 0 saturated carbocycles. The topological polar surface area (TPSA) is 73.8 Å². The number of phenolic OH excluding ortho intramolecular Hbond substituents is 1. The van der Waals surface area contributed by atoms with Crippen LogP contribution in [0.3, 0.4) is 0 Å². The number of benzene rings is 2. The van der Waals surface area contributed by atoms with Crippen LogP contribution in [0, 0.1) is 11.6 Å². The number of alkyl halides is 1. The van der Waals surface area contributed by atoms with Crippen LogP contribution in [-0.2, 0) is 6.42 Å². The number of hydrogen-bond donors (Lipinski definition) is 2. The predicted octanol–water partition coefficient (Wildman–Crippen LogP) is 5.89. The van der Waals surface area contributed by atoms with E-state index in [9.17, 15) is 13.9 Å². The van der Waals surface area contributed by atoms with Crippen molar-refractivity contribution in [1.29, 1.82) is 0 Å². The monoisotopic (exact) mass is 603 g/mol. The second-order valence-corrected chi connectivity index (χ2v) is 13.0. The highest BCUT2D eigenvalue weighted by Gasteiger charge is 2.49. The quantitative estimate of drug-likeness (QED) is 0.285. The number of anilines is 1. The highest BCUT2D eigenvalue weighted by molar-refractivity contribution is 6.02. The summed E-state index contributed by atoms with van der Waals surface area (Å²) in [5, 5.41) is 15.9. The van der Waals surface area contributed by atoms with E-state index in [0.29, 0.717) is 64.6 Å². The van der Waals surface area contributed by atoms with Gasteiger partial charge < -0.3 is 20.1 Å². The molecule has 4 aromatic rings. The summed E-state index contributed by atoms with van der Waals surface area (Å²) in [4.78, 5) is 13.7. The normalized spacial score (nSPS) is 26.6. The van der Waals surface area contributed by atoms with Gasteiger partial charge in [0, 0.05) is 61.4 Å². The van der Waals surface area contributed by atoms with Gasteiger partial charge in [0.15, 0.2) is 5.82 Å². The zero-order valence-corrected chi connectivity index (χ0v) is 24.8. The molecule has 4 saturated heterocycles. The fraction of sp³-hybridized carbons (Fsp3) is 0.471. The molecule has 44 heavy (non-hydrogen) atoms. The standard InChI is InChI=1S/C34H36F3N5O2/c1-2-24-27(36)7-4-19-10-23(43)11-25(30(19)24)32-31(37)33-26(14-38-32)28(41-16-21-5-6-22(17-41)39-21)12-29(40-33)44-18-34-8-3-9-42(34)15-20(35)13-34/h4,7,10-12,14,20-22,39,43H,2-3,5-6,8-9,13,15-18H2,1H3/t20-,21?,22?,34?/m1/s1. The minimum Gasteiger partial charge on any atom is -0.508 e. The number of phenols is 1. The number of fused-ring (bicyclic) bond motifs is 5. The number of aromatic nitrogens is 2. The first-order valence-corrected chi connectivity index (χ1v) is 15.8. The van der Waals surface area contributed by atoms with Gasteiger partial charge >= 0.3 is 0 Å². The molecule has 0 amide bonds. The number of nitrogens with one attached hydrogen (secondary N) is 1. The van der Waals surface area contributed by atoms with Crippen LogP contribution in [0.4, 0.5) is 18.9 Å². The number of piperazine rings is 1. The fourth-order valence-electron chi connectivity index (χ4n) is 8.32. The molecule has 8 rings (SSSR count). The third-order valence-electron chi connectivity index (χ3n) is 10.3. The van der Waals surface area contributed by atoms with Crippen molar-refractivity contribution < 1.29 is 23.0 Å². The molecule has 0 radical (unpaired) electrons. The lowest BCUT2D eigenvalue weighted by Gasteiger charge is -2.35. The van der Waals surface area contributed by atoms with Crippen molar-refractivity contribution in [3.8, 4) is 22.9 Å². The van der Waals surface area contributed by atoms with Crippen molar-refractivity contribution in [2.75, 3.05) is 37.7 Å². The maximum atomic E-state index is 16.8. The number of rotatable bonds is 6. The van der Waals surface area contributed by atoms with E-state index in [4.69, 9.17) is 9.72 Å². The largest absolute Gasteiger partial charge is 0.508 e. The summed E-state index contributed by atoms with van der Waals surface area (Å²) in [6.07, 6.45) is 5.61. The number of aromatic hydroxyl groups is 1. The summed E-state index contributed by atoms with van der Waals surface area (Å²) < 4.78 is 52.6. The molecule has 2 aromatic carbocycles. The Balaban J connectivity index is 1.27. The number of aryl methyl sites for hydroxylation is 1. The Morgan fingerprint density at radius 3 is 2.73 bits per heavy atom. The second-order valence-electron chi connectivity index (χ2n) is 13.0. The molecule has 3 unspecified atom stereocenters. The molecular formula is C34H36F3N5O2. The van der Waals surface area contributed by atoms with Crippen molar-refractivity contribution in [1.82, 2.24) is 20.2 Å². The van der Waals surface area contributed by atoms with Crippen LogP contribution in [0.2, 0.25) is 0 Å². The van der Waals surface area contributed by atoms with E-state index in [1.165, 1.54) is 12.1 Å². The van der Waals surface area contributed by atoms with E-state index in [1.807, 2.05) is 13.0 Å². The Morgan fingerprint density at radius 1 is 1.11 bits per heavy atom. The van der Waals surface area contributed by atoms with Crippen molar-refractivity contribution >= 4 is 27.4 Å². The Bertz CT molecular complexity index is 1770. The van der Waals surface area contributed by atoms with E-state index < -0.39 is 12.0 Å². The molecule has 4 atom stereocenters. The fourth-order valence-corrected chi connectivity index (χ4v) is 8.32. The second kappa shape index (κ2) is 10.5. The number of pyridine rings is 2. The molecule has 2 N–H and O–H groups in total. The van der Waals surface area contributed by atoms with Crippen LogP contribution < -0.4 is 15.0 Å². The smallest absolute Gasteiger partial charge is 0.216 e. The number of ether oxygens (including phenoxy) is 1. The Morgan fingerprint density at radius 2 is 1.93 bits per heavy atom. The Labute approximate surface area is 254 Å². The SMILES string of the molecule is CCc1c(F)ccc2cc(O)cc(-c3ncc4c(N5CC6CCC(C5)N6)cc(OCC56CCCN5C[C@H](F)C6)nc4c3F)c12. The molecule has 7 nitrogen and oxygen atoms in total. The van der Waals surface area contributed by atoms with Crippen LogP contribution in [-0.4, -0.2) is 76.6 Å². The molecular weight excluding hydrogens is 567 g/mol. The highest BCUT2D eigenvalue weighted by Crippen LogP contribution is 2.43. The molecule has 4 aliphatic heterocycles. The van der Waals surface area contributed by atoms with Gasteiger partial charge in [0.25, 0.3) is 0 Å². The van der Waals surface area contributed by atoms with E-state index in [1.54, 1.807) is 18.3 Å². The van der Waals surface area contributed by atoms with E-state index in [-0.39, 0.29) is 34.9 Å². The molecule has 2 aromatic heterocycles. The summed E-state index contributed by atoms with van der Waals surface area (Å²) in [6, 6.07) is 8.52. The third kappa shape index (κ3) is 4.48. The van der Waals surface area contributed by atoms with Crippen molar-refractivity contribution in [3.05, 3.63) is 53.7 Å². The molecule has 0 aliphatic carbocycles. The number of hydrogen-bond acceptors (Lipinski definition) is 7. The van der Waals surface area contributed by atoms with Crippen molar-refractivity contribution in [3.63, 3.8) is 0 Å². The predicted molar refractivity (Wildman–Crippen MR) is 164 cm³/mol. The van der Waals surface area contributed by atoms with Crippen LogP contribution >= 0.6 is 0 Å². The first-order valence-electron chi connectivity index (χ1n) is 15.8. The minimum absolute atomic E-state index is 0.00805. The molecule has 230 valence electrons.